The van der Waals surface area contributed by atoms with Gasteiger partial charge in [-0.05, 0) is 0 Å². The molecule has 0 amide bonds. The second-order valence-electron chi connectivity index (χ2n) is 1.58. The maximum atomic E-state index is 10.9. The van der Waals surface area contributed by atoms with Crippen LogP contribution >= 0.6 is 0 Å². The van der Waals surface area contributed by atoms with Gasteiger partial charge in [0.05, 0.1) is 0 Å². The molecule has 0 bridgehead atoms. The summed E-state index contributed by atoms with van der Waals surface area (Å²) < 4.78 is 16.4. The normalized spacial score (nSPS) is 11.1. The molecule has 0 N–H and O–H groups in total. The Hall–Kier alpha value is 0.00649. The number of rotatable bonds is 4. The van der Waals surface area contributed by atoms with Crippen LogP contribution in [0.1, 0.15) is 6.92 Å². The van der Waals surface area contributed by atoms with E-state index in [-0.39, 0.29) is 0 Å². The molecule has 0 aliphatic rings. The van der Waals surface area contributed by atoms with Crippen molar-refractivity contribution in [3.8, 4) is 0 Å². The van der Waals surface area contributed by atoms with Crippen LogP contribution in [0.25, 0.3) is 0 Å². The van der Waals surface area contributed by atoms with Gasteiger partial charge in [-0.2, -0.15) is 0 Å². The van der Waals surface area contributed by atoms with Crippen LogP contribution in [0.5, 0.6) is 0 Å². The Kier molecular flexibility index (Phi) is 4.85. The van der Waals surface area contributed by atoms with Gasteiger partial charge in [-0.15, -0.1) is 0 Å². The number of hydrogen-bond donors (Lipinski definition) is 0. The number of methoxy groups -OCH3 is 1. The molecule has 9 heavy (non-hydrogen) atoms. The zero-order valence-corrected chi connectivity index (χ0v) is 6.81. The second kappa shape index (κ2) is 4.85. The van der Waals surface area contributed by atoms with Crippen molar-refractivity contribution in [2.75, 3.05) is 13.7 Å². The predicted molar refractivity (Wildman–Crippen MR) is 32.2 cm³/mol. The Balaban J connectivity index is 3.39. The Morgan fingerprint density at radius 3 is 2.67 bits per heavy atom. The molecule has 0 rings (SSSR count). The van der Waals surface area contributed by atoms with Crippen molar-refractivity contribution < 1.29 is 22.2 Å². The molecule has 0 aliphatic carbocycles. The van der Waals surface area contributed by atoms with E-state index < -0.39 is 13.6 Å². The summed E-state index contributed by atoms with van der Waals surface area (Å²) in [5.74, 6) is 0. The fourth-order valence-corrected chi connectivity index (χ4v) is 1.12. The van der Waals surface area contributed by atoms with E-state index >= 15 is 0 Å². The average molecular weight is 175 g/mol. The summed E-state index contributed by atoms with van der Waals surface area (Å²) in [5, 5.41) is 0.596. The molecule has 0 heterocycles. The average Bonchev–Trinajstić information content (AvgIpc) is 1.82. The van der Waals surface area contributed by atoms with Crippen LogP contribution in [-0.4, -0.2) is 13.7 Å². The molecule has 0 aliphatic heterocycles. The predicted octanol–water partition coefficient (Wildman–Crippen LogP) is 1.55. The van der Waals surface area contributed by atoms with Gasteiger partial charge in [-0.25, -0.2) is 0 Å². The number of hydrogen-bond acceptors (Lipinski definition) is 2. The van der Waals surface area contributed by atoms with Gasteiger partial charge in [0.15, 0.2) is 0 Å². The molecule has 0 saturated carbocycles. The first-order valence-electron chi connectivity index (χ1n) is 2.59. The van der Waals surface area contributed by atoms with Crippen LogP contribution in [0.4, 0.5) is 0 Å². The standard InChI is InChI=1S/C3H7O.C3H5.Co.O/c1-3-4-2;1-3-2;;/h1,3H2,2H3;1H2,2H3;;. The maximum absolute atomic E-state index is 10.9. The van der Waals surface area contributed by atoms with Gasteiger partial charge >= 0.3 is 59.3 Å². The first-order valence-corrected chi connectivity index (χ1v) is 4.27. The zero-order valence-electron chi connectivity index (χ0n) is 5.77. The summed E-state index contributed by atoms with van der Waals surface area (Å²) in [6.07, 6.45) is 0. The van der Waals surface area contributed by atoms with Crippen LogP contribution in [-0.2, 0) is 22.2 Å². The van der Waals surface area contributed by atoms with E-state index in [4.69, 9.17) is 4.74 Å². The summed E-state index contributed by atoms with van der Waals surface area (Å²) in [4.78, 5) is 0. The van der Waals surface area contributed by atoms with Crippen molar-refractivity contribution in [2.45, 2.75) is 12.3 Å². The van der Waals surface area contributed by atoms with E-state index in [1.165, 1.54) is 0 Å². The van der Waals surface area contributed by atoms with Gasteiger partial charge < -0.3 is 0 Å². The van der Waals surface area contributed by atoms with Crippen molar-refractivity contribution >= 4 is 0 Å². The van der Waals surface area contributed by atoms with Crippen LogP contribution in [0.15, 0.2) is 11.1 Å². The molecule has 0 fully saturated rings. The molecule has 3 heteroatoms. The monoisotopic (exact) mass is 175 g/mol. The number of ether oxygens (including phenoxy) is 1. The molecule has 2 nitrogen and oxygen atoms in total. The molecule has 0 aromatic rings. The minimum absolute atomic E-state index is 0.557. The van der Waals surface area contributed by atoms with Crippen molar-refractivity contribution in [1.82, 2.24) is 0 Å². The van der Waals surface area contributed by atoms with Gasteiger partial charge in [-0.3, -0.25) is 0 Å². The molecule has 0 spiro atoms. The molecular weight excluding hydrogens is 163 g/mol. The van der Waals surface area contributed by atoms with Crippen LogP contribution in [0, 0.1) is 0 Å². The van der Waals surface area contributed by atoms with Gasteiger partial charge in [0.25, 0.3) is 0 Å². The summed E-state index contributed by atoms with van der Waals surface area (Å²) in [7, 11) is 1.60. The molecule has 0 atom stereocenters. The Labute approximate surface area is 59.9 Å². The molecule has 0 radical (unpaired) electrons. The van der Waals surface area contributed by atoms with Crippen molar-refractivity contribution in [2.24, 2.45) is 0 Å². The van der Waals surface area contributed by atoms with Gasteiger partial charge in [-0.1, -0.05) is 0 Å². The molecule has 57 valence electrons. The Morgan fingerprint density at radius 1 is 1.78 bits per heavy atom. The SMILES string of the molecule is C=[C](C)[Co](=[O])[CH2]COC. The van der Waals surface area contributed by atoms with E-state index in [0.717, 1.165) is 4.51 Å². The van der Waals surface area contributed by atoms with Gasteiger partial charge in [0.2, 0.25) is 0 Å². The second-order valence-corrected chi connectivity index (χ2v) is 3.87. The van der Waals surface area contributed by atoms with Gasteiger partial charge in [0.1, 0.15) is 0 Å². The van der Waals surface area contributed by atoms with Crippen molar-refractivity contribution in [1.29, 1.82) is 0 Å². The Morgan fingerprint density at radius 2 is 2.33 bits per heavy atom. The quantitative estimate of drug-likeness (QED) is 0.647. The Bertz CT molecular complexity index is 120. The molecular formula is C6H12CoO2. The van der Waals surface area contributed by atoms with Crippen LogP contribution in [0.3, 0.4) is 0 Å². The topological polar surface area (TPSA) is 26.3 Å². The fraction of sp³-hybridized carbons (Fsp3) is 0.667. The third-order valence-corrected chi connectivity index (χ3v) is 2.42. The molecule has 0 aromatic heterocycles. The first-order chi connectivity index (χ1) is 4.18. The van der Waals surface area contributed by atoms with E-state index in [0.29, 0.717) is 12.0 Å². The summed E-state index contributed by atoms with van der Waals surface area (Å²) in [6.45, 7) is 5.90. The first kappa shape index (κ1) is 9.01. The van der Waals surface area contributed by atoms with Crippen LogP contribution < -0.4 is 0 Å². The summed E-state index contributed by atoms with van der Waals surface area (Å²) in [5.41, 5.74) is 0. The summed E-state index contributed by atoms with van der Waals surface area (Å²) >= 11 is -1.19. The minimum atomic E-state index is -1.19. The van der Waals surface area contributed by atoms with E-state index in [1.54, 1.807) is 14.0 Å². The van der Waals surface area contributed by atoms with Gasteiger partial charge in [0, 0.05) is 0 Å². The van der Waals surface area contributed by atoms with Crippen molar-refractivity contribution in [3.63, 3.8) is 0 Å². The van der Waals surface area contributed by atoms with Crippen molar-refractivity contribution in [3.05, 3.63) is 11.1 Å². The molecule has 0 saturated heterocycles. The number of allylic oxidation sites excluding steroid dienone is 1. The summed E-state index contributed by atoms with van der Waals surface area (Å²) in [6, 6.07) is 0. The fourth-order valence-electron chi connectivity index (χ4n) is 0.272. The molecule has 0 unspecified atom stereocenters. The van der Waals surface area contributed by atoms with E-state index in [2.05, 4.69) is 6.58 Å². The van der Waals surface area contributed by atoms with Crippen LogP contribution in [0.2, 0.25) is 5.36 Å². The molecule has 0 aromatic carbocycles. The van der Waals surface area contributed by atoms with E-state index in [9.17, 15) is 3.87 Å². The zero-order chi connectivity index (χ0) is 7.28. The van der Waals surface area contributed by atoms with E-state index in [1.807, 2.05) is 0 Å². The third-order valence-electron chi connectivity index (χ3n) is 0.741. The third kappa shape index (κ3) is 4.51.